The van der Waals surface area contributed by atoms with Crippen LogP contribution in [0.4, 0.5) is 0 Å². The predicted octanol–water partition coefficient (Wildman–Crippen LogP) is 4.08. The molecule has 1 fully saturated rings. The highest BCUT2D eigenvalue weighted by atomic mass is 16.5. The van der Waals surface area contributed by atoms with Gasteiger partial charge in [-0.2, -0.15) is 5.06 Å². The quantitative estimate of drug-likeness (QED) is 0.785. The summed E-state index contributed by atoms with van der Waals surface area (Å²) in [5.41, 5.74) is -0.177. The summed E-state index contributed by atoms with van der Waals surface area (Å²) in [6, 6.07) is 0. The average molecular weight is 227 g/mol. The van der Waals surface area contributed by atoms with Crippen LogP contribution >= 0.6 is 0 Å². The van der Waals surface area contributed by atoms with Crippen molar-refractivity contribution in [3.05, 3.63) is 0 Å². The highest BCUT2D eigenvalue weighted by Crippen LogP contribution is 2.44. The fourth-order valence-corrected chi connectivity index (χ4v) is 3.64. The molecule has 2 heteroatoms. The van der Waals surface area contributed by atoms with Crippen LogP contribution in [0.2, 0.25) is 0 Å². The van der Waals surface area contributed by atoms with E-state index < -0.39 is 0 Å². The van der Waals surface area contributed by atoms with E-state index in [1.807, 2.05) is 0 Å². The molecule has 1 heterocycles. The summed E-state index contributed by atoms with van der Waals surface area (Å²) >= 11 is 0. The van der Waals surface area contributed by atoms with Gasteiger partial charge in [-0.05, 0) is 52.4 Å². The molecule has 0 bridgehead atoms. The van der Waals surface area contributed by atoms with Crippen LogP contribution in [-0.4, -0.2) is 21.3 Å². The molecule has 0 spiro atoms. The zero-order chi connectivity index (χ0) is 12.6. The number of piperidine rings is 1. The Hall–Kier alpha value is -0.0800. The van der Waals surface area contributed by atoms with Gasteiger partial charge in [-0.3, -0.25) is 0 Å². The van der Waals surface area contributed by atoms with E-state index in [-0.39, 0.29) is 11.1 Å². The fraction of sp³-hybridized carbons (Fsp3) is 1.00. The maximum atomic E-state index is 10.2. The van der Waals surface area contributed by atoms with Gasteiger partial charge in [0.25, 0.3) is 0 Å². The molecular weight excluding hydrogens is 198 g/mol. The molecule has 1 aliphatic heterocycles. The number of hydrogen-bond acceptors (Lipinski definition) is 2. The molecule has 0 aromatic rings. The van der Waals surface area contributed by atoms with Gasteiger partial charge in [0.1, 0.15) is 0 Å². The van der Waals surface area contributed by atoms with Gasteiger partial charge < -0.3 is 5.21 Å². The third-order valence-corrected chi connectivity index (χ3v) is 4.39. The summed E-state index contributed by atoms with van der Waals surface area (Å²) < 4.78 is 0. The molecule has 1 rings (SSSR count). The molecule has 0 saturated carbocycles. The van der Waals surface area contributed by atoms with Crippen molar-refractivity contribution in [2.24, 2.45) is 11.8 Å². The second-order valence-electron chi connectivity index (χ2n) is 6.68. The standard InChI is InChI=1S/C14H29NO/c1-7-11(8-2)12-9-13(3,4)15(16)14(5,6)10-12/h11-12,16H,7-10H2,1-6H3. The van der Waals surface area contributed by atoms with Gasteiger partial charge in [-0.15, -0.1) is 0 Å². The maximum Gasteiger partial charge on any atom is 0.0413 e. The summed E-state index contributed by atoms with van der Waals surface area (Å²) in [5.74, 6) is 1.57. The van der Waals surface area contributed by atoms with Crippen LogP contribution < -0.4 is 0 Å². The van der Waals surface area contributed by atoms with Crippen molar-refractivity contribution in [3.63, 3.8) is 0 Å². The number of hydrogen-bond donors (Lipinski definition) is 1. The van der Waals surface area contributed by atoms with Crippen LogP contribution in [0, 0.1) is 11.8 Å². The van der Waals surface area contributed by atoms with Gasteiger partial charge in [0.15, 0.2) is 0 Å². The monoisotopic (exact) mass is 227 g/mol. The Morgan fingerprint density at radius 3 is 1.75 bits per heavy atom. The van der Waals surface area contributed by atoms with E-state index in [1.165, 1.54) is 12.8 Å². The van der Waals surface area contributed by atoms with Gasteiger partial charge in [0.2, 0.25) is 0 Å². The van der Waals surface area contributed by atoms with Crippen molar-refractivity contribution in [1.29, 1.82) is 0 Å². The van der Waals surface area contributed by atoms with Crippen LogP contribution in [0.15, 0.2) is 0 Å². The Bertz CT molecular complexity index is 213. The summed E-state index contributed by atoms with van der Waals surface area (Å²) in [6.07, 6.45) is 4.75. The molecule has 0 aromatic carbocycles. The van der Waals surface area contributed by atoms with Gasteiger partial charge >= 0.3 is 0 Å². The molecular formula is C14H29NO. The molecule has 0 amide bonds. The summed E-state index contributed by atoms with van der Waals surface area (Å²) in [5, 5.41) is 11.8. The third kappa shape index (κ3) is 2.60. The smallest absolute Gasteiger partial charge is 0.0413 e. The molecule has 96 valence electrons. The molecule has 1 N–H and O–H groups in total. The first kappa shape index (κ1) is 14.0. The lowest BCUT2D eigenvalue weighted by Gasteiger charge is -2.53. The Balaban J connectivity index is 2.86. The first-order valence-electron chi connectivity index (χ1n) is 6.73. The zero-order valence-corrected chi connectivity index (χ0v) is 11.9. The first-order valence-corrected chi connectivity index (χ1v) is 6.73. The SMILES string of the molecule is CCC(CC)C1CC(C)(C)N(O)C(C)(C)C1. The van der Waals surface area contributed by atoms with Crippen molar-refractivity contribution >= 4 is 0 Å². The van der Waals surface area contributed by atoms with Gasteiger partial charge in [0.05, 0.1) is 0 Å². The van der Waals surface area contributed by atoms with E-state index in [0.717, 1.165) is 24.7 Å². The Morgan fingerprint density at radius 2 is 1.44 bits per heavy atom. The molecule has 2 nitrogen and oxygen atoms in total. The minimum atomic E-state index is -0.0883. The fourth-order valence-electron chi connectivity index (χ4n) is 3.64. The predicted molar refractivity (Wildman–Crippen MR) is 68.6 cm³/mol. The van der Waals surface area contributed by atoms with Crippen LogP contribution in [0.5, 0.6) is 0 Å². The molecule has 0 unspecified atom stereocenters. The van der Waals surface area contributed by atoms with Crippen LogP contribution in [0.25, 0.3) is 0 Å². The van der Waals surface area contributed by atoms with Gasteiger partial charge in [-0.1, -0.05) is 26.7 Å². The number of rotatable bonds is 3. The topological polar surface area (TPSA) is 23.5 Å². The lowest BCUT2D eigenvalue weighted by atomic mass is 9.69. The van der Waals surface area contributed by atoms with E-state index in [2.05, 4.69) is 41.5 Å². The summed E-state index contributed by atoms with van der Waals surface area (Å²) in [7, 11) is 0. The van der Waals surface area contributed by atoms with Gasteiger partial charge in [-0.25, -0.2) is 0 Å². The molecule has 1 saturated heterocycles. The average Bonchev–Trinajstić information content (AvgIpc) is 2.15. The first-order chi connectivity index (χ1) is 7.24. The molecule has 1 aliphatic rings. The highest BCUT2D eigenvalue weighted by molar-refractivity contribution is 4.97. The highest BCUT2D eigenvalue weighted by Gasteiger charge is 2.46. The van der Waals surface area contributed by atoms with Crippen molar-refractivity contribution in [2.75, 3.05) is 0 Å². The molecule has 0 atom stereocenters. The van der Waals surface area contributed by atoms with E-state index in [4.69, 9.17) is 0 Å². The van der Waals surface area contributed by atoms with Crippen molar-refractivity contribution in [1.82, 2.24) is 5.06 Å². The van der Waals surface area contributed by atoms with E-state index in [0.29, 0.717) is 0 Å². The second kappa shape index (κ2) is 4.66. The van der Waals surface area contributed by atoms with Crippen LogP contribution in [0.3, 0.4) is 0 Å². The van der Waals surface area contributed by atoms with Crippen molar-refractivity contribution in [3.8, 4) is 0 Å². The number of nitrogens with zero attached hydrogens (tertiary/aromatic N) is 1. The second-order valence-corrected chi connectivity index (χ2v) is 6.68. The molecule has 0 aliphatic carbocycles. The largest absolute Gasteiger partial charge is 0.313 e. The minimum Gasteiger partial charge on any atom is -0.313 e. The van der Waals surface area contributed by atoms with E-state index >= 15 is 0 Å². The molecule has 0 radical (unpaired) electrons. The normalized spacial score (nSPS) is 26.2. The third-order valence-electron chi connectivity index (χ3n) is 4.39. The maximum absolute atomic E-state index is 10.2. The van der Waals surface area contributed by atoms with E-state index in [9.17, 15) is 5.21 Å². The molecule has 0 aromatic heterocycles. The van der Waals surface area contributed by atoms with Gasteiger partial charge in [0, 0.05) is 11.1 Å². The Labute approximate surface area is 101 Å². The van der Waals surface area contributed by atoms with Crippen LogP contribution in [0.1, 0.15) is 67.2 Å². The lowest BCUT2D eigenvalue weighted by Crippen LogP contribution is -2.59. The molecule has 16 heavy (non-hydrogen) atoms. The Morgan fingerprint density at radius 1 is 1.06 bits per heavy atom. The number of hydroxylamine groups is 2. The Kier molecular flexibility index (Phi) is 4.07. The summed E-state index contributed by atoms with van der Waals surface area (Å²) in [6.45, 7) is 13.2. The summed E-state index contributed by atoms with van der Waals surface area (Å²) in [4.78, 5) is 0. The zero-order valence-electron chi connectivity index (χ0n) is 11.9. The van der Waals surface area contributed by atoms with Crippen molar-refractivity contribution < 1.29 is 5.21 Å². The minimum absolute atomic E-state index is 0.0883. The van der Waals surface area contributed by atoms with E-state index in [1.54, 1.807) is 5.06 Å². The van der Waals surface area contributed by atoms with Crippen molar-refractivity contribution in [2.45, 2.75) is 78.3 Å². The van der Waals surface area contributed by atoms with Crippen LogP contribution in [-0.2, 0) is 0 Å². The lowest BCUT2D eigenvalue weighted by molar-refractivity contribution is -0.254.